The first-order valence-corrected chi connectivity index (χ1v) is 9.85. The Balaban J connectivity index is 2.06. The van der Waals surface area contributed by atoms with Crippen molar-refractivity contribution in [3.05, 3.63) is 76.2 Å². The number of carboxylic acids is 1. The minimum Gasteiger partial charge on any atom is -0.505 e. The van der Waals surface area contributed by atoms with Gasteiger partial charge in [-0.25, -0.2) is 13.6 Å². The molecule has 3 N–H and O–H groups in total. The number of aromatic nitrogens is 1. The molecule has 172 valence electrons. The van der Waals surface area contributed by atoms with Crippen LogP contribution in [0.1, 0.15) is 12.1 Å². The number of hydrogen-bond acceptors (Lipinski definition) is 4. The number of anilines is 2. The topological polar surface area (TPSA) is 112 Å². The molecule has 0 aliphatic heterocycles. The van der Waals surface area contributed by atoms with Gasteiger partial charge in [0.25, 0.3) is 5.56 Å². The molecule has 0 atom stereocenters. The Bertz CT molecular complexity index is 1270. The number of urea groups is 1. The number of aliphatic carboxylic acids is 1. The van der Waals surface area contributed by atoms with Gasteiger partial charge in [0.05, 0.1) is 12.1 Å². The molecule has 0 saturated heterocycles. The molecule has 0 fully saturated rings. The summed E-state index contributed by atoms with van der Waals surface area (Å²) in [6.07, 6.45) is -0.347. The number of carbonyl (C=O) groups is 2. The number of nitrogens with one attached hydrogen (secondary N) is 1. The van der Waals surface area contributed by atoms with Crippen molar-refractivity contribution in [3.8, 4) is 16.9 Å². The van der Waals surface area contributed by atoms with Gasteiger partial charge in [-0.15, -0.1) is 0 Å². The lowest BCUT2D eigenvalue weighted by Crippen LogP contribution is -2.41. The molecule has 10 heteroatoms. The van der Waals surface area contributed by atoms with Gasteiger partial charge >= 0.3 is 12.0 Å². The number of amides is 2. The second-order valence-electron chi connectivity index (χ2n) is 7.27. The molecule has 1 aromatic heterocycles. The average Bonchev–Trinajstić information content (AvgIpc) is 2.75. The number of benzene rings is 2. The van der Waals surface area contributed by atoms with E-state index in [9.17, 15) is 28.3 Å². The Morgan fingerprint density at radius 2 is 1.76 bits per heavy atom. The van der Waals surface area contributed by atoms with Crippen molar-refractivity contribution in [2.75, 3.05) is 11.4 Å². The fourth-order valence-electron chi connectivity index (χ4n) is 3.22. The Kier molecular flexibility index (Phi) is 6.76. The molecule has 1 heterocycles. The van der Waals surface area contributed by atoms with Gasteiger partial charge in [-0.2, -0.15) is 0 Å². The van der Waals surface area contributed by atoms with Gasteiger partial charge in [0.15, 0.2) is 5.69 Å². The lowest BCUT2D eigenvalue weighted by atomic mass is 10.0. The molecule has 0 unspecified atom stereocenters. The van der Waals surface area contributed by atoms with Crippen LogP contribution in [-0.2, 0) is 11.8 Å². The van der Waals surface area contributed by atoms with E-state index in [2.05, 4.69) is 5.32 Å². The zero-order valence-electron chi connectivity index (χ0n) is 17.8. The van der Waals surface area contributed by atoms with Crippen molar-refractivity contribution in [3.63, 3.8) is 0 Å². The highest BCUT2D eigenvalue weighted by Gasteiger charge is 2.26. The Hall–Kier alpha value is -4.21. The highest BCUT2D eigenvalue weighted by atomic mass is 19.1. The van der Waals surface area contributed by atoms with Gasteiger partial charge in [-0.3, -0.25) is 14.5 Å². The zero-order chi connectivity index (χ0) is 24.3. The van der Waals surface area contributed by atoms with E-state index in [1.54, 1.807) is 6.92 Å². The molecular formula is C23H21F2N3O5. The van der Waals surface area contributed by atoms with Crippen molar-refractivity contribution in [1.29, 1.82) is 0 Å². The number of aryl methyl sites for hydroxylation is 1. The van der Waals surface area contributed by atoms with E-state index in [4.69, 9.17) is 5.11 Å². The SMILES string of the molecule is Cc1cc(O)c(N(C(=O)NCCC(=O)O)c2ccc(-c3ccc(F)cc3F)cc2)c(=O)n1C. The molecule has 2 amide bonds. The van der Waals surface area contributed by atoms with Crippen molar-refractivity contribution >= 4 is 23.4 Å². The first-order chi connectivity index (χ1) is 15.6. The Labute approximate surface area is 187 Å². The number of halogens is 2. The molecule has 0 saturated carbocycles. The molecular weight excluding hydrogens is 436 g/mol. The van der Waals surface area contributed by atoms with Crippen LogP contribution < -0.4 is 15.8 Å². The molecule has 3 rings (SSSR count). The monoisotopic (exact) mass is 457 g/mol. The predicted molar refractivity (Wildman–Crippen MR) is 118 cm³/mol. The van der Waals surface area contributed by atoms with Crippen LogP contribution in [0.3, 0.4) is 0 Å². The van der Waals surface area contributed by atoms with E-state index in [0.29, 0.717) is 11.3 Å². The summed E-state index contributed by atoms with van der Waals surface area (Å²) < 4.78 is 28.6. The van der Waals surface area contributed by atoms with Crippen LogP contribution in [0.15, 0.2) is 53.3 Å². The molecule has 2 aromatic carbocycles. The largest absolute Gasteiger partial charge is 0.505 e. The lowest BCUT2D eigenvalue weighted by Gasteiger charge is -2.24. The second-order valence-corrected chi connectivity index (χ2v) is 7.27. The lowest BCUT2D eigenvalue weighted by molar-refractivity contribution is -0.136. The van der Waals surface area contributed by atoms with Crippen molar-refractivity contribution < 1.29 is 28.6 Å². The third-order valence-electron chi connectivity index (χ3n) is 5.03. The van der Waals surface area contributed by atoms with Crippen LogP contribution in [0.2, 0.25) is 0 Å². The number of hydrogen-bond donors (Lipinski definition) is 3. The molecule has 8 nitrogen and oxygen atoms in total. The van der Waals surface area contributed by atoms with Crippen molar-refractivity contribution in [2.24, 2.45) is 7.05 Å². The summed E-state index contributed by atoms with van der Waals surface area (Å²) in [5.41, 5.74) is 0.143. The van der Waals surface area contributed by atoms with Crippen LogP contribution in [0.25, 0.3) is 11.1 Å². The first-order valence-electron chi connectivity index (χ1n) is 9.85. The zero-order valence-corrected chi connectivity index (χ0v) is 17.8. The number of carbonyl (C=O) groups excluding carboxylic acids is 1. The van der Waals surface area contributed by atoms with Gasteiger partial charge in [0.2, 0.25) is 0 Å². The molecule has 0 spiro atoms. The fourth-order valence-corrected chi connectivity index (χ4v) is 3.22. The number of nitrogens with zero attached hydrogens (tertiary/aromatic N) is 2. The summed E-state index contributed by atoms with van der Waals surface area (Å²) >= 11 is 0. The molecule has 0 aliphatic rings. The van der Waals surface area contributed by atoms with Crippen LogP contribution in [-0.4, -0.2) is 33.3 Å². The highest BCUT2D eigenvalue weighted by Crippen LogP contribution is 2.33. The Morgan fingerprint density at radius 3 is 2.36 bits per heavy atom. The van der Waals surface area contributed by atoms with Gasteiger partial charge < -0.3 is 20.1 Å². The summed E-state index contributed by atoms with van der Waals surface area (Å²) in [5, 5.41) is 21.7. The van der Waals surface area contributed by atoms with Crippen molar-refractivity contribution in [1.82, 2.24) is 9.88 Å². The minimum atomic E-state index is -1.12. The summed E-state index contributed by atoms with van der Waals surface area (Å²) in [7, 11) is 1.47. The third-order valence-corrected chi connectivity index (χ3v) is 5.03. The van der Waals surface area contributed by atoms with Crippen LogP contribution in [0.5, 0.6) is 5.75 Å². The predicted octanol–water partition coefficient (Wildman–Crippen LogP) is 3.67. The van der Waals surface area contributed by atoms with E-state index in [1.807, 2.05) is 0 Å². The third kappa shape index (κ3) is 5.00. The maximum absolute atomic E-state index is 14.1. The van der Waals surface area contributed by atoms with Gasteiger partial charge in [0.1, 0.15) is 17.4 Å². The number of pyridine rings is 1. The normalized spacial score (nSPS) is 10.7. The van der Waals surface area contributed by atoms with Crippen LogP contribution in [0.4, 0.5) is 25.0 Å². The van der Waals surface area contributed by atoms with E-state index in [0.717, 1.165) is 17.0 Å². The molecule has 0 radical (unpaired) electrons. The first kappa shape index (κ1) is 23.5. The summed E-state index contributed by atoms with van der Waals surface area (Å²) in [5.74, 6) is -3.06. The molecule has 0 bridgehead atoms. The van der Waals surface area contributed by atoms with Gasteiger partial charge in [0, 0.05) is 37.0 Å². The average molecular weight is 457 g/mol. The number of carboxylic acid groups (broad SMARTS) is 1. The summed E-state index contributed by atoms with van der Waals surface area (Å²) in [6, 6.07) is 9.41. The summed E-state index contributed by atoms with van der Waals surface area (Å²) in [6.45, 7) is 1.39. The standard InChI is InChI=1S/C23H21F2N3O5/c1-13-11-19(29)21(22(32)27(13)2)28(23(33)26-10-9-20(30)31)16-6-3-14(4-7-16)17-8-5-15(24)12-18(17)25/h3-8,11-12,29H,9-10H2,1-2H3,(H,26,33)(H,30,31). The number of aromatic hydroxyl groups is 1. The van der Waals surface area contributed by atoms with Gasteiger partial charge in [-0.1, -0.05) is 12.1 Å². The smallest absolute Gasteiger partial charge is 0.326 e. The fraction of sp³-hybridized carbons (Fsp3) is 0.174. The maximum atomic E-state index is 14.1. The van der Waals surface area contributed by atoms with E-state index < -0.39 is 34.9 Å². The minimum absolute atomic E-state index is 0.134. The molecule has 3 aromatic rings. The van der Waals surface area contributed by atoms with E-state index in [1.165, 1.54) is 48.0 Å². The molecule has 33 heavy (non-hydrogen) atoms. The maximum Gasteiger partial charge on any atom is 0.326 e. The van der Waals surface area contributed by atoms with Crippen LogP contribution >= 0.6 is 0 Å². The highest BCUT2D eigenvalue weighted by molar-refractivity contribution is 6.00. The summed E-state index contributed by atoms with van der Waals surface area (Å²) in [4.78, 5) is 37.5. The number of rotatable bonds is 6. The Morgan fingerprint density at radius 1 is 1.09 bits per heavy atom. The van der Waals surface area contributed by atoms with E-state index >= 15 is 0 Å². The van der Waals surface area contributed by atoms with Crippen LogP contribution in [0, 0.1) is 18.6 Å². The van der Waals surface area contributed by atoms with Gasteiger partial charge in [-0.05, 0) is 36.8 Å². The molecule has 0 aliphatic carbocycles. The van der Waals surface area contributed by atoms with Crippen molar-refractivity contribution in [2.45, 2.75) is 13.3 Å². The second kappa shape index (κ2) is 9.51. The van der Waals surface area contributed by atoms with E-state index in [-0.39, 0.29) is 29.9 Å². The quantitative estimate of drug-likeness (QED) is 0.523.